The molecule has 2 heteroatoms. The van der Waals surface area contributed by atoms with Crippen LogP contribution < -0.4 is 5.73 Å². The molecule has 0 aliphatic rings. The summed E-state index contributed by atoms with van der Waals surface area (Å²) in [6.07, 6.45) is 0.851. The molecule has 0 amide bonds. The van der Waals surface area contributed by atoms with Crippen LogP contribution in [0.4, 0.5) is 0 Å². The van der Waals surface area contributed by atoms with Crippen LogP contribution in [-0.4, -0.2) is 11.1 Å². The van der Waals surface area contributed by atoms with E-state index >= 15 is 0 Å². The second-order valence-corrected chi connectivity index (χ2v) is 4.44. The normalized spacial score (nSPS) is 14.1. The highest BCUT2D eigenvalue weighted by Gasteiger charge is 2.15. The van der Waals surface area contributed by atoms with Gasteiger partial charge >= 0.3 is 0 Å². The van der Waals surface area contributed by atoms with Gasteiger partial charge in [0.2, 0.25) is 0 Å². The second kappa shape index (κ2) is 4.11. The molecule has 0 aliphatic heterocycles. The minimum Gasteiger partial charge on any atom is -0.386 e. The Balaban J connectivity index is 2.90. The van der Waals surface area contributed by atoms with E-state index in [0.717, 1.165) is 12.0 Å². The van der Waals surface area contributed by atoms with Crippen LogP contribution in [0.2, 0.25) is 0 Å². The van der Waals surface area contributed by atoms with Crippen LogP contribution in [0, 0.1) is 0 Å². The molecule has 0 heterocycles. The van der Waals surface area contributed by atoms with Crippen molar-refractivity contribution in [2.45, 2.75) is 38.8 Å². The molecule has 0 fully saturated rings. The largest absolute Gasteiger partial charge is 0.386 e. The van der Waals surface area contributed by atoms with E-state index in [4.69, 9.17) is 5.73 Å². The van der Waals surface area contributed by atoms with E-state index < -0.39 is 5.60 Å². The summed E-state index contributed by atoms with van der Waals surface area (Å²) in [4.78, 5) is 0. The van der Waals surface area contributed by atoms with Crippen molar-refractivity contribution in [1.82, 2.24) is 0 Å². The Hall–Kier alpha value is -0.860. The minimum atomic E-state index is -0.770. The van der Waals surface area contributed by atoms with Gasteiger partial charge < -0.3 is 10.8 Å². The Morgan fingerprint density at radius 2 is 2.07 bits per heavy atom. The highest BCUT2D eigenvalue weighted by atomic mass is 16.3. The lowest BCUT2D eigenvalue weighted by Gasteiger charge is -2.18. The standard InChI is InChI=1S/C12H19NO/c1-9(13)7-10-5-4-6-11(8-10)12(2,3)14/h4-6,8-9,14H,7,13H2,1-3H3. The molecule has 1 atom stereocenters. The fraction of sp³-hybridized carbons (Fsp3) is 0.500. The Morgan fingerprint density at radius 1 is 1.43 bits per heavy atom. The van der Waals surface area contributed by atoms with E-state index in [1.807, 2.05) is 31.2 Å². The van der Waals surface area contributed by atoms with E-state index in [9.17, 15) is 5.11 Å². The molecule has 2 nitrogen and oxygen atoms in total. The van der Waals surface area contributed by atoms with Crippen molar-refractivity contribution < 1.29 is 5.11 Å². The van der Waals surface area contributed by atoms with Gasteiger partial charge in [0.15, 0.2) is 0 Å². The van der Waals surface area contributed by atoms with E-state index in [1.165, 1.54) is 5.56 Å². The van der Waals surface area contributed by atoms with Gasteiger partial charge in [-0.15, -0.1) is 0 Å². The molecule has 0 radical (unpaired) electrons. The molecule has 0 saturated heterocycles. The summed E-state index contributed by atoms with van der Waals surface area (Å²) >= 11 is 0. The Labute approximate surface area is 85.8 Å². The lowest BCUT2D eigenvalue weighted by Crippen LogP contribution is -2.19. The third-order valence-electron chi connectivity index (χ3n) is 2.19. The Bertz CT molecular complexity index is 299. The first-order valence-electron chi connectivity index (χ1n) is 4.97. The number of aliphatic hydroxyl groups is 1. The van der Waals surface area contributed by atoms with E-state index in [1.54, 1.807) is 13.8 Å². The van der Waals surface area contributed by atoms with Crippen LogP contribution in [0.1, 0.15) is 31.9 Å². The maximum atomic E-state index is 9.82. The first-order valence-corrected chi connectivity index (χ1v) is 4.97. The number of hydrogen-bond acceptors (Lipinski definition) is 2. The van der Waals surface area contributed by atoms with Gasteiger partial charge in [0.1, 0.15) is 0 Å². The highest BCUT2D eigenvalue weighted by molar-refractivity contribution is 5.27. The Kier molecular flexibility index (Phi) is 3.29. The maximum Gasteiger partial charge on any atom is 0.0840 e. The van der Waals surface area contributed by atoms with E-state index in [-0.39, 0.29) is 6.04 Å². The van der Waals surface area contributed by atoms with Gasteiger partial charge in [-0.2, -0.15) is 0 Å². The van der Waals surface area contributed by atoms with Crippen LogP contribution in [0.3, 0.4) is 0 Å². The molecule has 1 aromatic rings. The molecule has 1 rings (SSSR count). The minimum absolute atomic E-state index is 0.159. The van der Waals surface area contributed by atoms with Gasteiger partial charge in [0, 0.05) is 6.04 Å². The molecular weight excluding hydrogens is 174 g/mol. The smallest absolute Gasteiger partial charge is 0.0840 e. The van der Waals surface area contributed by atoms with E-state index in [0.29, 0.717) is 0 Å². The van der Waals surface area contributed by atoms with Gasteiger partial charge in [-0.3, -0.25) is 0 Å². The SMILES string of the molecule is CC(N)Cc1cccc(C(C)(C)O)c1. The fourth-order valence-electron chi connectivity index (χ4n) is 1.45. The molecular formula is C12H19NO. The lowest BCUT2D eigenvalue weighted by molar-refractivity contribution is 0.0785. The summed E-state index contributed by atoms with van der Waals surface area (Å²) in [7, 11) is 0. The second-order valence-electron chi connectivity index (χ2n) is 4.44. The third-order valence-corrected chi connectivity index (χ3v) is 2.19. The summed E-state index contributed by atoms with van der Waals surface area (Å²) in [6, 6.07) is 8.12. The molecule has 0 saturated carbocycles. The Morgan fingerprint density at radius 3 is 2.57 bits per heavy atom. The zero-order chi connectivity index (χ0) is 10.8. The summed E-state index contributed by atoms with van der Waals surface area (Å²) < 4.78 is 0. The molecule has 14 heavy (non-hydrogen) atoms. The number of hydrogen-bond donors (Lipinski definition) is 2. The molecule has 0 aliphatic carbocycles. The topological polar surface area (TPSA) is 46.2 Å². The molecule has 78 valence electrons. The number of rotatable bonds is 3. The molecule has 1 unspecified atom stereocenters. The zero-order valence-electron chi connectivity index (χ0n) is 9.12. The van der Waals surface area contributed by atoms with Crippen LogP contribution in [-0.2, 0) is 12.0 Å². The third kappa shape index (κ3) is 3.13. The van der Waals surface area contributed by atoms with Crippen molar-refractivity contribution in [3.63, 3.8) is 0 Å². The first-order chi connectivity index (χ1) is 6.39. The van der Waals surface area contributed by atoms with Crippen molar-refractivity contribution in [2.75, 3.05) is 0 Å². The summed E-state index contributed by atoms with van der Waals surface area (Å²) in [6.45, 7) is 5.56. The molecule has 1 aromatic carbocycles. The predicted molar refractivity (Wildman–Crippen MR) is 59.0 cm³/mol. The number of nitrogens with two attached hydrogens (primary N) is 1. The van der Waals surface area contributed by atoms with Crippen molar-refractivity contribution in [3.8, 4) is 0 Å². The summed E-state index contributed by atoms with van der Waals surface area (Å²) in [5, 5.41) is 9.82. The van der Waals surface area contributed by atoms with Gasteiger partial charge in [-0.1, -0.05) is 24.3 Å². The molecule has 0 bridgehead atoms. The predicted octanol–water partition coefficient (Wildman–Crippen LogP) is 1.80. The van der Waals surface area contributed by atoms with Crippen LogP contribution in [0.25, 0.3) is 0 Å². The van der Waals surface area contributed by atoms with Crippen LogP contribution in [0.15, 0.2) is 24.3 Å². The number of benzene rings is 1. The summed E-state index contributed by atoms with van der Waals surface area (Å²) in [5.74, 6) is 0. The van der Waals surface area contributed by atoms with Crippen LogP contribution in [0.5, 0.6) is 0 Å². The quantitative estimate of drug-likeness (QED) is 0.769. The van der Waals surface area contributed by atoms with Gasteiger partial charge in [0.25, 0.3) is 0 Å². The lowest BCUT2D eigenvalue weighted by atomic mass is 9.95. The van der Waals surface area contributed by atoms with Gasteiger partial charge in [-0.05, 0) is 38.3 Å². The fourth-order valence-corrected chi connectivity index (χ4v) is 1.45. The summed E-state index contributed by atoms with van der Waals surface area (Å²) in [5.41, 5.74) is 7.07. The average molecular weight is 193 g/mol. The zero-order valence-corrected chi connectivity index (χ0v) is 9.12. The van der Waals surface area contributed by atoms with E-state index in [2.05, 4.69) is 0 Å². The van der Waals surface area contributed by atoms with Crippen molar-refractivity contribution in [3.05, 3.63) is 35.4 Å². The van der Waals surface area contributed by atoms with Gasteiger partial charge in [0.05, 0.1) is 5.60 Å². The van der Waals surface area contributed by atoms with Crippen molar-refractivity contribution in [1.29, 1.82) is 0 Å². The van der Waals surface area contributed by atoms with Crippen molar-refractivity contribution in [2.24, 2.45) is 5.73 Å². The first kappa shape index (κ1) is 11.2. The average Bonchev–Trinajstić information content (AvgIpc) is 2.01. The molecule has 3 N–H and O–H groups in total. The van der Waals surface area contributed by atoms with Gasteiger partial charge in [-0.25, -0.2) is 0 Å². The molecule has 0 spiro atoms. The highest BCUT2D eigenvalue weighted by Crippen LogP contribution is 2.20. The maximum absolute atomic E-state index is 9.82. The molecule has 0 aromatic heterocycles. The van der Waals surface area contributed by atoms with Crippen LogP contribution >= 0.6 is 0 Å². The van der Waals surface area contributed by atoms with Crippen molar-refractivity contribution >= 4 is 0 Å². The monoisotopic (exact) mass is 193 g/mol.